The van der Waals surface area contributed by atoms with Crippen LogP contribution in [-0.4, -0.2) is 33.8 Å². The van der Waals surface area contributed by atoms with E-state index in [0.717, 1.165) is 17.7 Å². The summed E-state index contributed by atoms with van der Waals surface area (Å²) in [4.78, 5) is 26.7. The number of carbonyl (C=O) groups is 2. The van der Waals surface area contributed by atoms with Crippen molar-refractivity contribution in [3.05, 3.63) is 46.9 Å². The molecule has 3 aliphatic heterocycles. The largest absolute Gasteiger partial charge is 0.373 e. The molecule has 134 valence electrons. The number of aromatic nitrogens is 2. The van der Waals surface area contributed by atoms with Gasteiger partial charge >= 0.3 is 0 Å². The maximum atomic E-state index is 13.3. The van der Waals surface area contributed by atoms with Crippen LogP contribution in [0.25, 0.3) is 0 Å². The van der Waals surface area contributed by atoms with Crippen molar-refractivity contribution < 1.29 is 18.7 Å². The molecule has 0 spiro atoms. The Balaban J connectivity index is 1.45. The Morgan fingerprint density at radius 1 is 1.19 bits per heavy atom. The lowest BCUT2D eigenvalue weighted by Crippen LogP contribution is -2.34. The average Bonchev–Trinajstić information content (AvgIpc) is 3.33. The second-order valence-electron chi connectivity index (χ2n) is 6.98. The minimum atomic E-state index is -0.425. The number of rotatable bonds is 3. The van der Waals surface area contributed by atoms with Crippen LogP contribution in [0.3, 0.4) is 0 Å². The SMILES string of the molecule is O=C1[C@@H]2[C@H](C(=O)N1c1nn(Cc3cccc(F)c3)cc1Cl)[C@@H]1CC[C@@H]2O1. The second-order valence-corrected chi connectivity index (χ2v) is 7.39. The van der Waals surface area contributed by atoms with Crippen LogP contribution < -0.4 is 4.90 Å². The van der Waals surface area contributed by atoms with Gasteiger partial charge in [-0.05, 0) is 30.5 Å². The molecule has 3 aliphatic rings. The molecule has 0 N–H and O–H groups in total. The van der Waals surface area contributed by atoms with Crippen molar-refractivity contribution in [2.75, 3.05) is 4.90 Å². The van der Waals surface area contributed by atoms with Crippen LogP contribution in [0.15, 0.2) is 30.5 Å². The molecule has 2 amide bonds. The smallest absolute Gasteiger partial charge is 0.241 e. The maximum Gasteiger partial charge on any atom is 0.241 e. The third-order valence-electron chi connectivity index (χ3n) is 5.43. The number of hydrogen-bond acceptors (Lipinski definition) is 4. The molecule has 26 heavy (non-hydrogen) atoms. The summed E-state index contributed by atoms with van der Waals surface area (Å²) in [5.74, 6) is -1.62. The number of fused-ring (bicyclic) bond motifs is 5. The normalized spacial score (nSPS) is 29.7. The van der Waals surface area contributed by atoms with Gasteiger partial charge in [-0.25, -0.2) is 9.29 Å². The topological polar surface area (TPSA) is 64.4 Å². The highest BCUT2D eigenvalue weighted by Crippen LogP contribution is 2.49. The fourth-order valence-corrected chi connectivity index (χ4v) is 4.60. The number of halogens is 2. The van der Waals surface area contributed by atoms with Crippen LogP contribution in [0.1, 0.15) is 18.4 Å². The summed E-state index contributed by atoms with van der Waals surface area (Å²) < 4.78 is 20.6. The van der Waals surface area contributed by atoms with E-state index in [0.29, 0.717) is 5.56 Å². The monoisotopic (exact) mass is 375 g/mol. The van der Waals surface area contributed by atoms with Gasteiger partial charge in [0.15, 0.2) is 5.82 Å². The number of imide groups is 1. The van der Waals surface area contributed by atoms with Crippen LogP contribution in [0.4, 0.5) is 10.2 Å². The lowest BCUT2D eigenvalue weighted by atomic mass is 9.81. The summed E-state index contributed by atoms with van der Waals surface area (Å²) in [5, 5.41) is 4.54. The van der Waals surface area contributed by atoms with E-state index in [1.165, 1.54) is 16.8 Å². The Bertz CT molecular complexity index is 902. The molecule has 5 rings (SSSR count). The van der Waals surface area contributed by atoms with Crippen LogP contribution in [0, 0.1) is 17.7 Å². The highest BCUT2D eigenvalue weighted by atomic mass is 35.5. The molecule has 0 unspecified atom stereocenters. The van der Waals surface area contributed by atoms with Crippen molar-refractivity contribution in [2.24, 2.45) is 11.8 Å². The molecule has 3 fully saturated rings. The zero-order valence-corrected chi connectivity index (χ0v) is 14.4. The van der Waals surface area contributed by atoms with Crippen molar-refractivity contribution >= 4 is 29.2 Å². The predicted molar refractivity (Wildman–Crippen MR) is 90.1 cm³/mol. The predicted octanol–water partition coefficient (Wildman–Crippen LogP) is 2.39. The number of carbonyl (C=O) groups excluding carboxylic acids is 2. The van der Waals surface area contributed by atoms with Crippen LogP contribution >= 0.6 is 11.6 Å². The first-order valence-electron chi connectivity index (χ1n) is 8.53. The maximum absolute atomic E-state index is 13.3. The Labute approximate surface area is 153 Å². The van der Waals surface area contributed by atoms with Gasteiger partial charge in [0.2, 0.25) is 11.8 Å². The molecule has 1 aromatic heterocycles. The fourth-order valence-electron chi connectivity index (χ4n) is 4.36. The standard InChI is InChI=1S/C18H15ClFN3O3/c19-11-8-22(7-9-2-1-3-10(20)6-9)21-16(11)23-17(24)14-12-4-5-13(26-12)15(14)18(23)25/h1-3,6,8,12-15H,4-5,7H2/t12-,13-,14-,15+/m0/s1. The average molecular weight is 376 g/mol. The molecule has 4 atom stereocenters. The Morgan fingerprint density at radius 3 is 2.54 bits per heavy atom. The minimum Gasteiger partial charge on any atom is -0.373 e. The minimum absolute atomic E-state index is 0.145. The zero-order valence-electron chi connectivity index (χ0n) is 13.6. The number of anilines is 1. The van der Waals surface area contributed by atoms with E-state index < -0.39 is 11.8 Å². The molecular formula is C18H15ClFN3O3. The second kappa shape index (κ2) is 5.62. The Morgan fingerprint density at radius 2 is 1.88 bits per heavy atom. The van der Waals surface area contributed by atoms with E-state index in [-0.39, 0.29) is 47.2 Å². The van der Waals surface area contributed by atoms with E-state index in [2.05, 4.69) is 5.10 Å². The molecule has 2 aromatic rings. The molecule has 0 saturated carbocycles. The van der Waals surface area contributed by atoms with Crippen molar-refractivity contribution in [1.82, 2.24) is 9.78 Å². The van der Waals surface area contributed by atoms with Crippen LogP contribution in [0.2, 0.25) is 5.02 Å². The summed E-state index contributed by atoms with van der Waals surface area (Å²) in [7, 11) is 0. The van der Waals surface area contributed by atoms with Crippen molar-refractivity contribution in [1.29, 1.82) is 0 Å². The fraction of sp³-hybridized carbons (Fsp3) is 0.389. The molecule has 1 aromatic carbocycles. The first-order chi connectivity index (χ1) is 12.5. The lowest BCUT2D eigenvalue weighted by Gasteiger charge is -2.15. The number of hydrogen-bond donors (Lipinski definition) is 0. The van der Waals surface area contributed by atoms with Gasteiger partial charge in [-0.2, -0.15) is 5.10 Å². The quantitative estimate of drug-likeness (QED) is 0.773. The third-order valence-corrected chi connectivity index (χ3v) is 5.70. The van der Waals surface area contributed by atoms with E-state index in [1.807, 2.05) is 0 Å². The van der Waals surface area contributed by atoms with Crippen molar-refractivity contribution in [2.45, 2.75) is 31.6 Å². The third kappa shape index (κ3) is 2.23. The number of benzene rings is 1. The van der Waals surface area contributed by atoms with Gasteiger partial charge in [0, 0.05) is 6.20 Å². The molecular weight excluding hydrogens is 361 g/mol. The van der Waals surface area contributed by atoms with E-state index in [4.69, 9.17) is 16.3 Å². The molecule has 4 heterocycles. The number of ether oxygens (including phenoxy) is 1. The highest BCUT2D eigenvalue weighted by molar-refractivity contribution is 6.35. The zero-order chi connectivity index (χ0) is 18.0. The van der Waals surface area contributed by atoms with Gasteiger partial charge in [0.05, 0.1) is 30.6 Å². The van der Waals surface area contributed by atoms with E-state index in [1.54, 1.807) is 18.3 Å². The van der Waals surface area contributed by atoms with Gasteiger partial charge in [-0.1, -0.05) is 23.7 Å². The molecule has 6 nitrogen and oxygen atoms in total. The summed E-state index contributed by atoms with van der Waals surface area (Å²) in [6, 6.07) is 6.15. The van der Waals surface area contributed by atoms with E-state index >= 15 is 0 Å². The Kier molecular flexibility index (Phi) is 3.45. The highest BCUT2D eigenvalue weighted by Gasteiger charge is 2.63. The van der Waals surface area contributed by atoms with Crippen LogP contribution in [-0.2, 0) is 20.9 Å². The summed E-state index contributed by atoms with van der Waals surface area (Å²) in [5.41, 5.74) is 0.707. The summed E-state index contributed by atoms with van der Waals surface area (Å²) in [6.45, 7) is 0.287. The number of amides is 2. The first-order valence-corrected chi connectivity index (χ1v) is 8.91. The molecule has 8 heteroatoms. The van der Waals surface area contributed by atoms with E-state index in [9.17, 15) is 14.0 Å². The molecule has 3 saturated heterocycles. The van der Waals surface area contributed by atoms with Crippen molar-refractivity contribution in [3.63, 3.8) is 0 Å². The number of nitrogens with zero attached hydrogens (tertiary/aromatic N) is 3. The van der Waals surface area contributed by atoms with Gasteiger partial charge in [-0.3, -0.25) is 14.3 Å². The van der Waals surface area contributed by atoms with Gasteiger partial charge in [0.25, 0.3) is 0 Å². The van der Waals surface area contributed by atoms with Gasteiger partial charge < -0.3 is 4.74 Å². The summed E-state index contributed by atoms with van der Waals surface area (Å²) >= 11 is 6.26. The van der Waals surface area contributed by atoms with Crippen LogP contribution in [0.5, 0.6) is 0 Å². The molecule has 0 radical (unpaired) electrons. The van der Waals surface area contributed by atoms with Gasteiger partial charge in [0.1, 0.15) is 10.8 Å². The summed E-state index contributed by atoms with van der Waals surface area (Å²) in [6.07, 6.45) is 2.79. The van der Waals surface area contributed by atoms with Gasteiger partial charge in [-0.15, -0.1) is 0 Å². The molecule has 0 aliphatic carbocycles. The lowest BCUT2D eigenvalue weighted by molar-refractivity contribution is -0.124. The first kappa shape index (κ1) is 16.0. The van der Waals surface area contributed by atoms with Crippen molar-refractivity contribution in [3.8, 4) is 0 Å². The Hall–Kier alpha value is -2.25. The molecule has 2 bridgehead atoms.